The van der Waals surface area contributed by atoms with E-state index in [1.807, 2.05) is 12.1 Å². The number of likely N-dealkylation sites (tertiary alicyclic amines) is 1. The van der Waals surface area contributed by atoms with Crippen LogP contribution in [0.15, 0.2) is 90.1 Å². The third-order valence-electron chi connectivity index (χ3n) is 14.8. The van der Waals surface area contributed by atoms with Gasteiger partial charge in [-0.25, -0.2) is 18.1 Å². The predicted octanol–water partition coefficient (Wildman–Crippen LogP) is 10.4. The fourth-order valence-corrected chi connectivity index (χ4v) is 11.9. The molecular weight excluding hydrogens is 827 g/mol. The number of ether oxygens (including phenoxy) is 1. The van der Waals surface area contributed by atoms with Gasteiger partial charge < -0.3 is 19.9 Å². The van der Waals surface area contributed by atoms with E-state index in [-0.39, 0.29) is 33.0 Å². The van der Waals surface area contributed by atoms with E-state index in [1.165, 1.54) is 42.5 Å². The van der Waals surface area contributed by atoms with Gasteiger partial charge in [-0.15, -0.1) is 0 Å². The standard InChI is InChI=1S/C50H61N7O6S/c1-33(2)39-8-5-6-9-40(39)41-10-7-11-44(41)56-31-50(32-56)21-24-55(25-22-50)36-12-14-42(46(27-36)63-37-26-35-18-23-51-47(35)53-30-37)48(58)54-64(61,62)38-13-15-43(45(28-38)57(59)60)52-29-34-16-19-49(3,4)20-17-34/h5-6,8-9,12-15,18,23,26-28,30,33-34,41,44,52H,7,10-11,16-17,19-22,24-25,29,31-32H2,1-4H3,(H,51,53)(H,54,58)/t41-,44?/m1/s1. The highest BCUT2D eigenvalue weighted by Gasteiger charge is 2.49. The molecular formula is C50H61N7O6S. The molecule has 1 spiro atoms. The number of nitrogens with one attached hydrogen (secondary N) is 3. The summed E-state index contributed by atoms with van der Waals surface area (Å²) in [6.07, 6.45) is 13.4. The maximum atomic E-state index is 14.0. The van der Waals surface area contributed by atoms with Crippen LogP contribution in [0.5, 0.6) is 11.5 Å². The van der Waals surface area contributed by atoms with Crippen molar-refractivity contribution in [1.82, 2.24) is 19.6 Å². The number of hydrogen-bond acceptors (Lipinski definition) is 10. The van der Waals surface area contributed by atoms with Crippen molar-refractivity contribution in [3.63, 3.8) is 0 Å². The molecule has 2 aromatic heterocycles. The number of carbonyl (C=O) groups excluding carboxylic acids is 1. The van der Waals surface area contributed by atoms with Gasteiger partial charge >= 0.3 is 0 Å². The second-order valence-corrected chi connectivity index (χ2v) is 21.7. The summed E-state index contributed by atoms with van der Waals surface area (Å²) in [5.41, 5.74) is 5.00. The van der Waals surface area contributed by atoms with Gasteiger partial charge in [-0.2, -0.15) is 0 Å². The van der Waals surface area contributed by atoms with Crippen LogP contribution in [0, 0.1) is 26.9 Å². The summed E-state index contributed by atoms with van der Waals surface area (Å²) >= 11 is 0. The van der Waals surface area contributed by atoms with Crippen LogP contribution in [0.4, 0.5) is 17.1 Å². The van der Waals surface area contributed by atoms with E-state index in [0.29, 0.717) is 47.2 Å². The maximum absolute atomic E-state index is 14.0. The highest BCUT2D eigenvalue weighted by atomic mass is 32.2. The Bertz CT molecular complexity index is 2640. The predicted molar refractivity (Wildman–Crippen MR) is 251 cm³/mol. The number of benzene rings is 3. The Balaban J connectivity index is 0.895. The van der Waals surface area contributed by atoms with E-state index in [2.05, 4.69) is 81.8 Å². The number of nitro groups is 1. The fourth-order valence-electron chi connectivity index (χ4n) is 10.9. The van der Waals surface area contributed by atoms with Crippen molar-refractivity contribution in [3.8, 4) is 11.5 Å². The summed E-state index contributed by atoms with van der Waals surface area (Å²) in [6.45, 7) is 13.6. The molecule has 338 valence electrons. The van der Waals surface area contributed by atoms with Crippen molar-refractivity contribution in [2.45, 2.75) is 108 Å². The first kappa shape index (κ1) is 43.8. The fraction of sp³-hybridized carbons (Fsp3) is 0.480. The van der Waals surface area contributed by atoms with Gasteiger partial charge in [-0.3, -0.25) is 19.8 Å². The van der Waals surface area contributed by atoms with Gasteiger partial charge in [0, 0.05) is 68.2 Å². The molecule has 2 saturated carbocycles. The molecule has 14 heteroatoms. The minimum absolute atomic E-state index is 0.00166. The monoisotopic (exact) mass is 887 g/mol. The van der Waals surface area contributed by atoms with E-state index in [9.17, 15) is 23.3 Å². The third kappa shape index (κ3) is 9.08. The molecule has 0 bridgehead atoms. The van der Waals surface area contributed by atoms with Crippen LogP contribution < -0.4 is 19.7 Å². The second-order valence-electron chi connectivity index (χ2n) is 20.0. The van der Waals surface area contributed by atoms with Crippen LogP contribution in [0.25, 0.3) is 11.0 Å². The molecule has 9 rings (SSSR count). The SMILES string of the molecule is CC(C)c1ccccc1[C@H]1CCCC1N1CC2(CCN(c3ccc(C(=O)NS(=O)(=O)c4ccc(NCC5CCC(C)(C)CC5)c([N+](=O)[O-])c4)c(Oc4cnc5[nH]ccc5c4)c3)CC2)C1. The highest BCUT2D eigenvalue weighted by molar-refractivity contribution is 7.90. The summed E-state index contributed by atoms with van der Waals surface area (Å²) in [7, 11) is -4.53. The Morgan fingerprint density at radius 2 is 1.73 bits per heavy atom. The number of aromatic nitrogens is 2. The number of piperidine rings is 1. The quantitative estimate of drug-likeness (QED) is 0.0766. The molecule has 4 aliphatic rings. The molecule has 4 heterocycles. The summed E-state index contributed by atoms with van der Waals surface area (Å²) in [6, 6.07) is 22.2. The number of sulfonamides is 1. The molecule has 3 N–H and O–H groups in total. The lowest BCUT2D eigenvalue weighted by Gasteiger charge is -2.57. The van der Waals surface area contributed by atoms with E-state index in [0.717, 1.165) is 81.8 Å². The van der Waals surface area contributed by atoms with Gasteiger partial charge in [0.15, 0.2) is 0 Å². The van der Waals surface area contributed by atoms with Gasteiger partial charge in [0.1, 0.15) is 22.8 Å². The number of nitrogens with zero attached hydrogens (tertiary/aromatic N) is 4. The number of aromatic amines is 1. The number of hydrogen-bond donors (Lipinski definition) is 3. The lowest BCUT2D eigenvalue weighted by Crippen LogP contribution is -2.63. The van der Waals surface area contributed by atoms with Gasteiger partial charge in [-0.1, -0.05) is 58.4 Å². The molecule has 5 aromatic rings. The molecule has 1 amide bonds. The third-order valence-corrected chi connectivity index (χ3v) is 16.1. The zero-order valence-corrected chi connectivity index (χ0v) is 38.3. The second kappa shape index (κ2) is 17.5. The van der Waals surface area contributed by atoms with E-state index < -0.39 is 20.9 Å². The summed E-state index contributed by atoms with van der Waals surface area (Å²) in [5.74, 6) is 1.09. The molecule has 13 nitrogen and oxygen atoms in total. The number of pyridine rings is 1. The topological polar surface area (TPSA) is 163 Å². The number of fused-ring (bicyclic) bond motifs is 1. The van der Waals surface area contributed by atoms with Gasteiger partial charge in [0.2, 0.25) is 0 Å². The summed E-state index contributed by atoms with van der Waals surface area (Å²) in [4.78, 5) is 37.8. The lowest BCUT2D eigenvalue weighted by atomic mass is 9.70. The van der Waals surface area contributed by atoms with Crippen molar-refractivity contribution >= 4 is 44.0 Å². The number of H-pyrrole nitrogens is 1. The molecule has 64 heavy (non-hydrogen) atoms. The molecule has 1 unspecified atom stereocenters. The van der Waals surface area contributed by atoms with Crippen molar-refractivity contribution < 1.29 is 22.9 Å². The first-order chi connectivity index (χ1) is 30.7. The molecule has 2 saturated heterocycles. The Hall–Kier alpha value is -5.47. The Morgan fingerprint density at radius 1 is 0.969 bits per heavy atom. The lowest BCUT2D eigenvalue weighted by molar-refractivity contribution is -0.384. The Kier molecular flexibility index (Phi) is 12.0. The molecule has 2 aliphatic heterocycles. The van der Waals surface area contributed by atoms with Gasteiger partial charge in [0.05, 0.1) is 21.6 Å². The Morgan fingerprint density at radius 3 is 2.48 bits per heavy atom. The van der Waals surface area contributed by atoms with Crippen LogP contribution in [0.2, 0.25) is 0 Å². The van der Waals surface area contributed by atoms with Crippen LogP contribution >= 0.6 is 0 Å². The van der Waals surface area contributed by atoms with E-state index in [4.69, 9.17) is 4.74 Å². The molecule has 3 aromatic carbocycles. The van der Waals surface area contributed by atoms with Crippen molar-refractivity contribution in [2.75, 3.05) is 42.9 Å². The molecule has 0 radical (unpaired) electrons. The minimum Gasteiger partial charge on any atom is -0.455 e. The van der Waals surface area contributed by atoms with Gasteiger partial charge in [-0.05, 0) is 127 Å². The summed E-state index contributed by atoms with van der Waals surface area (Å²) in [5, 5.41) is 16.2. The van der Waals surface area contributed by atoms with Crippen LogP contribution in [0.3, 0.4) is 0 Å². The first-order valence-corrected chi connectivity index (χ1v) is 24.6. The Labute approximate surface area is 376 Å². The molecule has 2 aliphatic carbocycles. The average Bonchev–Trinajstić information content (AvgIpc) is 3.95. The van der Waals surface area contributed by atoms with Gasteiger partial charge in [0.25, 0.3) is 21.6 Å². The number of rotatable bonds is 13. The number of nitro benzene ring substituents is 1. The smallest absolute Gasteiger partial charge is 0.293 e. The van der Waals surface area contributed by atoms with E-state index >= 15 is 0 Å². The zero-order valence-electron chi connectivity index (χ0n) is 37.4. The van der Waals surface area contributed by atoms with Crippen molar-refractivity contribution in [1.29, 1.82) is 0 Å². The average molecular weight is 888 g/mol. The number of anilines is 2. The summed E-state index contributed by atoms with van der Waals surface area (Å²) < 4.78 is 36.1. The normalized spacial score (nSPS) is 21.2. The molecule has 2 atom stereocenters. The number of amides is 1. The first-order valence-electron chi connectivity index (χ1n) is 23.1. The van der Waals surface area contributed by atoms with Crippen molar-refractivity contribution in [3.05, 3.63) is 112 Å². The van der Waals surface area contributed by atoms with E-state index in [1.54, 1.807) is 30.6 Å². The maximum Gasteiger partial charge on any atom is 0.293 e. The zero-order chi connectivity index (χ0) is 44.8. The minimum atomic E-state index is -4.53. The van der Waals surface area contributed by atoms with Crippen molar-refractivity contribution in [2.24, 2.45) is 16.7 Å². The van der Waals surface area contributed by atoms with Crippen LogP contribution in [0.1, 0.15) is 119 Å². The highest BCUT2D eigenvalue weighted by Crippen LogP contribution is 2.49. The van der Waals surface area contributed by atoms with Crippen LogP contribution in [-0.4, -0.2) is 72.9 Å². The largest absolute Gasteiger partial charge is 0.455 e. The van der Waals surface area contributed by atoms with Crippen LogP contribution in [-0.2, 0) is 10.0 Å². The number of carbonyl (C=O) groups is 1. The molecule has 4 fully saturated rings.